The molecule has 2 aromatic rings. The number of aliphatic carboxylic acids is 1. The fourth-order valence-electron chi connectivity index (χ4n) is 2.07. The number of carbonyl (C=O) groups is 2. The summed E-state index contributed by atoms with van der Waals surface area (Å²) in [6.07, 6.45) is 2.84. The zero-order valence-electron chi connectivity index (χ0n) is 12.5. The van der Waals surface area contributed by atoms with E-state index in [4.69, 9.17) is 9.52 Å². The van der Waals surface area contributed by atoms with Crippen molar-refractivity contribution in [3.8, 4) is 10.8 Å². The Morgan fingerprint density at radius 2 is 2.27 bits per heavy atom. The maximum Gasteiger partial charge on any atom is 0.308 e. The number of furan rings is 1. The van der Waals surface area contributed by atoms with Gasteiger partial charge in [-0.3, -0.25) is 9.59 Å². The minimum atomic E-state index is -0.895. The van der Waals surface area contributed by atoms with Gasteiger partial charge < -0.3 is 14.8 Å². The fraction of sp³-hybridized carbons (Fsp3) is 0.400. The van der Waals surface area contributed by atoms with Gasteiger partial charge in [-0.1, -0.05) is 13.3 Å². The summed E-state index contributed by atoms with van der Waals surface area (Å²) in [5.41, 5.74) is 0.317. The highest BCUT2D eigenvalue weighted by atomic mass is 32.1. The first-order chi connectivity index (χ1) is 10.5. The van der Waals surface area contributed by atoms with Crippen LogP contribution >= 0.6 is 11.3 Å². The van der Waals surface area contributed by atoms with Gasteiger partial charge >= 0.3 is 5.97 Å². The highest BCUT2D eigenvalue weighted by molar-refractivity contribution is 7.15. The van der Waals surface area contributed by atoms with Crippen molar-refractivity contribution >= 4 is 23.2 Å². The van der Waals surface area contributed by atoms with E-state index in [0.717, 1.165) is 11.3 Å². The molecule has 0 radical (unpaired) electrons. The molecule has 0 aliphatic heterocycles. The molecule has 2 N–H and O–H groups in total. The monoisotopic (exact) mass is 322 g/mol. The number of thiazole rings is 1. The average Bonchev–Trinajstić information content (AvgIpc) is 3.11. The van der Waals surface area contributed by atoms with Crippen molar-refractivity contribution < 1.29 is 19.1 Å². The number of rotatable bonds is 7. The van der Waals surface area contributed by atoms with Crippen LogP contribution in [0, 0.1) is 12.8 Å². The van der Waals surface area contributed by atoms with Crippen LogP contribution in [0.2, 0.25) is 0 Å². The molecule has 1 unspecified atom stereocenters. The van der Waals surface area contributed by atoms with E-state index in [1.165, 1.54) is 11.3 Å². The van der Waals surface area contributed by atoms with Crippen LogP contribution in [-0.2, 0) is 4.79 Å². The number of carboxylic acids is 1. The molecule has 0 aliphatic rings. The number of carbonyl (C=O) groups excluding carboxylic acids is 1. The SMILES string of the molecule is CCCC(CNC(=O)c1nc(-c2ccco2)sc1C)C(=O)O. The Labute approximate surface area is 132 Å². The number of carboxylic acid groups (broad SMARTS) is 1. The average molecular weight is 322 g/mol. The van der Waals surface area contributed by atoms with E-state index in [2.05, 4.69) is 10.3 Å². The molecule has 118 valence electrons. The highest BCUT2D eigenvalue weighted by Crippen LogP contribution is 2.27. The van der Waals surface area contributed by atoms with E-state index in [0.29, 0.717) is 22.9 Å². The molecular weight excluding hydrogens is 304 g/mol. The molecule has 2 heterocycles. The molecule has 0 spiro atoms. The van der Waals surface area contributed by atoms with E-state index in [1.807, 2.05) is 6.92 Å². The number of hydrogen-bond acceptors (Lipinski definition) is 5. The second-order valence-electron chi connectivity index (χ2n) is 4.93. The largest absolute Gasteiger partial charge is 0.481 e. The number of amides is 1. The minimum absolute atomic E-state index is 0.106. The van der Waals surface area contributed by atoms with E-state index in [1.54, 1.807) is 25.3 Å². The molecule has 0 saturated heterocycles. The van der Waals surface area contributed by atoms with Crippen molar-refractivity contribution in [1.29, 1.82) is 0 Å². The molecule has 0 aromatic carbocycles. The van der Waals surface area contributed by atoms with Crippen LogP contribution in [0.3, 0.4) is 0 Å². The van der Waals surface area contributed by atoms with Crippen LogP contribution in [0.1, 0.15) is 35.1 Å². The van der Waals surface area contributed by atoms with Gasteiger partial charge in [-0.05, 0) is 25.5 Å². The summed E-state index contributed by atoms with van der Waals surface area (Å²) in [5.74, 6) is -1.21. The molecule has 2 rings (SSSR count). The molecule has 1 amide bonds. The molecule has 1 atom stereocenters. The van der Waals surface area contributed by atoms with Gasteiger partial charge in [0.15, 0.2) is 10.8 Å². The summed E-state index contributed by atoms with van der Waals surface area (Å²) in [7, 11) is 0. The lowest BCUT2D eigenvalue weighted by atomic mass is 10.0. The second kappa shape index (κ2) is 7.22. The molecule has 0 aliphatic carbocycles. The predicted molar refractivity (Wildman–Crippen MR) is 82.9 cm³/mol. The predicted octanol–water partition coefficient (Wildman–Crippen LogP) is 2.94. The van der Waals surface area contributed by atoms with Crippen molar-refractivity contribution in [3.05, 3.63) is 29.0 Å². The van der Waals surface area contributed by atoms with E-state index >= 15 is 0 Å². The summed E-state index contributed by atoms with van der Waals surface area (Å²) in [6.45, 7) is 3.83. The Balaban J connectivity index is 2.05. The first kappa shape index (κ1) is 16.2. The van der Waals surface area contributed by atoms with Gasteiger partial charge in [0.2, 0.25) is 0 Å². The van der Waals surface area contributed by atoms with Gasteiger partial charge in [-0.25, -0.2) is 4.98 Å². The second-order valence-corrected chi connectivity index (χ2v) is 6.14. The van der Waals surface area contributed by atoms with Gasteiger partial charge in [0.25, 0.3) is 5.91 Å². The quantitative estimate of drug-likeness (QED) is 0.817. The van der Waals surface area contributed by atoms with Crippen molar-refractivity contribution in [2.45, 2.75) is 26.7 Å². The third-order valence-electron chi connectivity index (χ3n) is 3.24. The zero-order valence-corrected chi connectivity index (χ0v) is 13.3. The van der Waals surface area contributed by atoms with Crippen LogP contribution in [0.5, 0.6) is 0 Å². The van der Waals surface area contributed by atoms with Crippen molar-refractivity contribution in [2.24, 2.45) is 5.92 Å². The Morgan fingerprint density at radius 1 is 1.50 bits per heavy atom. The number of nitrogens with one attached hydrogen (secondary N) is 1. The van der Waals surface area contributed by atoms with Gasteiger partial charge in [0.05, 0.1) is 12.2 Å². The fourth-order valence-corrected chi connectivity index (χ4v) is 2.95. The van der Waals surface area contributed by atoms with Crippen molar-refractivity contribution in [3.63, 3.8) is 0 Å². The molecule has 0 bridgehead atoms. The number of aromatic nitrogens is 1. The Morgan fingerprint density at radius 3 is 2.86 bits per heavy atom. The highest BCUT2D eigenvalue weighted by Gasteiger charge is 2.21. The molecule has 2 aromatic heterocycles. The summed E-state index contributed by atoms with van der Waals surface area (Å²) in [4.78, 5) is 28.3. The number of nitrogens with zero attached hydrogens (tertiary/aromatic N) is 1. The van der Waals surface area contributed by atoms with Gasteiger partial charge in [-0.2, -0.15) is 0 Å². The van der Waals surface area contributed by atoms with Crippen molar-refractivity contribution in [1.82, 2.24) is 10.3 Å². The molecule has 6 nitrogen and oxygen atoms in total. The van der Waals surface area contributed by atoms with E-state index in [9.17, 15) is 9.59 Å². The van der Waals surface area contributed by atoms with Gasteiger partial charge in [-0.15, -0.1) is 11.3 Å². The minimum Gasteiger partial charge on any atom is -0.481 e. The maximum atomic E-state index is 12.2. The van der Waals surface area contributed by atoms with Crippen LogP contribution < -0.4 is 5.32 Å². The normalized spacial score (nSPS) is 12.1. The smallest absolute Gasteiger partial charge is 0.308 e. The Bertz CT molecular complexity index is 649. The van der Waals surface area contributed by atoms with Crippen LogP contribution in [-0.4, -0.2) is 28.5 Å². The summed E-state index contributed by atoms with van der Waals surface area (Å²) in [5, 5.41) is 12.4. The number of aryl methyl sites for hydroxylation is 1. The molecular formula is C15H18N2O4S. The zero-order chi connectivity index (χ0) is 16.1. The number of hydrogen-bond donors (Lipinski definition) is 2. The van der Waals surface area contributed by atoms with E-state index < -0.39 is 11.9 Å². The first-order valence-corrected chi connectivity index (χ1v) is 7.86. The molecule has 0 saturated carbocycles. The van der Waals surface area contributed by atoms with Gasteiger partial charge in [0, 0.05) is 11.4 Å². The molecule has 0 fully saturated rings. The lowest BCUT2D eigenvalue weighted by molar-refractivity contribution is -0.141. The van der Waals surface area contributed by atoms with E-state index in [-0.39, 0.29) is 12.5 Å². The van der Waals surface area contributed by atoms with Crippen LogP contribution in [0.15, 0.2) is 22.8 Å². The molecule has 22 heavy (non-hydrogen) atoms. The third-order valence-corrected chi connectivity index (χ3v) is 4.22. The third kappa shape index (κ3) is 3.73. The lowest BCUT2D eigenvalue weighted by Crippen LogP contribution is -2.33. The lowest BCUT2D eigenvalue weighted by Gasteiger charge is -2.11. The Hall–Kier alpha value is -2.15. The topological polar surface area (TPSA) is 92.4 Å². The van der Waals surface area contributed by atoms with Crippen LogP contribution in [0.25, 0.3) is 10.8 Å². The standard InChI is InChI=1S/C15H18N2O4S/c1-3-5-10(15(19)20)8-16-13(18)12-9(2)22-14(17-12)11-6-4-7-21-11/h4,6-7,10H,3,5,8H2,1-2H3,(H,16,18)(H,19,20). The van der Waals surface area contributed by atoms with Crippen molar-refractivity contribution in [2.75, 3.05) is 6.54 Å². The Kier molecular flexibility index (Phi) is 5.32. The summed E-state index contributed by atoms with van der Waals surface area (Å²) in [6, 6.07) is 3.54. The first-order valence-electron chi connectivity index (χ1n) is 7.05. The maximum absolute atomic E-state index is 12.2. The van der Waals surface area contributed by atoms with Gasteiger partial charge in [0.1, 0.15) is 5.69 Å². The molecule has 7 heteroatoms. The summed E-state index contributed by atoms with van der Waals surface area (Å²) >= 11 is 1.37. The summed E-state index contributed by atoms with van der Waals surface area (Å²) < 4.78 is 5.27. The van der Waals surface area contributed by atoms with Crippen LogP contribution in [0.4, 0.5) is 0 Å².